The van der Waals surface area contributed by atoms with Gasteiger partial charge in [-0.2, -0.15) is 0 Å². The Morgan fingerprint density at radius 3 is 3.00 bits per heavy atom. The number of rotatable bonds is 7. The Labute approximate surface area is 155 Å². The number of carbonyl (C=O) groups is 1. The molecule has 0 unspecified atom stereocenters. The Hall–Kier alpha value is -3.17. The van der Waals surface area contributed by atoms with Gasteiger partial charge in [-0.05, 0) is 18.2 Å². The number of pyridine rings is 1. The molecule has 0 atom stereocenters. The minimum atomic E-state index is -0.749. The van der Waals surface area contributed by atoms with Crippen LogP contribution in [0.1, 0.15) is 28.1 Å². The second kappa shape index (κ2) is 8.02. The van der Waals surface area contributed by atoms with Crippen molar-refractivity contribution in [2.75, 3.05) is 32.7 Å². The predicted molar refractivity (Wildman–Crippen MR) is 99.9 cm³/mol. The van der Waals surface area contributed by atoms with Crippen LogP contribution in [0.15, 0.2) is 27.7 Å². The Morgan fingerprint density at radius 2 is 2.26 bits per heavy atom. The number of aromatic hydroxyl groups is 1. The SMILES string of the molecule is CN(C)Nc1oc(C=C2C=Nc3ncccc32)c(O)c1C(=O)OCCCO. The highest BCUT2D eigenvalue weighted by atomic mass is 16.5. The van der Waals surface area contributed by atoms with Gasteiger partial charge in [0.25, 0.3) is 0 Å². The number of aliphatic hydroxyl groups excluding tert-OH is 1. The number of anilines is 1. The third-order valence-corrected chi connectivity index (χ3v) is 3.68. The average Bonchev–Trinajstić information content (AvgIpc) is 3.17. The van der Waals surface area contributed by atoms with Crippen molar-refractivity contribution in [2.45, 2.75) is 6.42 Å². The van der Waals surface area contributed by atoms with Crippen LogP contribution in [0.4, 0.5) is 11.7 Å². The van der Waals surface area contributed by atoms with Gasteiger partial charge in [-0.25, -0.2) is 19.8 Å². The zero-order valence-electron chi connectivity index (χ0n) is 15.0. The topological polar surface area (TPSA) is 120 Å². The first-order valence-corrected chi connectivity index (χ1v) is 8.30. The molecule has 1 aliphatic rings. The number of fused-ring (bicyclic) bond motifs is 1. The smallest absolute Gasteiger partial charge is 0.347 e. The minimum absolute atomic E-state index is 0.0312. The van der Waals surface area contributed by atoms with Crippen LogP contribution in [-0.4, -0.2) is 59.7 Å². The van der Waals surface area contributed by atoms with Crippen molar-refractivity contribution < 1.29 is 24.2 Å². The zero-order valence-corrected chi connectivity index (χ0v) is 15.0. The van der Waals surface area contributed by atoms with Crippen LogP contribution >= 0.6 is 0 Å². The first kappa shape index (κ1) is 18.6. The van der Waals surface area contributed by atoms with Crippen LogP contribution in [-0.2, 0) is 4.74 Å². The number of ether oxygens (including phenoxy) is 1. The van der Waals surface area contributed by atoms with Crippen molar-refractivity contribution >= 4 is 35.5 Å². The number of hydrogen-bond acceptors (Lipinski definition) is 9. The van der Waals surface area contributed by atoms with Gasteiger partial charge in [-0.3, -0.25) is 5.43 Å². The lowest BCUT2D eigenvalue weighted by Gasteiger charge is -2.11. The van der Waals surface area contributed by atoms with E-state index in [1.807, 2.05) is 6.07 Å². The van der Waals surface area contributed by atoms with E-state index in [4.69, 9.17) is 14.3 Å². The molecule has 0 aliphatic carbocycles. The summed E-state index contributed by atoms with van der Waals surface area (Å²) >= 11 is 0. The third kappa shape index (κ3) is 3.99. The summed E-state index contributed by atoms with van der Waals surface area (Å²) in [6, 6.07) is 3.64. The minimum Gasteiger partial charge on any atom is -0.504 e. The maximum absolute atomic E-state index is 12.4. The van der Waals surface area contributed by atoms with E-state index in [0.29, 0.717) is 17.8 Å². The van der Waals surface area contributed by atoms with Crippen molar-refractivity contribution in [1.82, 2.24) is 9.99 Å². The second-order valence-electron chi connectivity index (χ2n) is 5.97. The summed E-state index contributed by atoms with van der Waals surface area (Å²) in [6.45, 7) is -0.0684. The van der Waals surface area contributed by atoms with Crippen LogP contribution in [0.5, 0.6) is 5.75 Å². The zero-order chi connectivity index (χ0) is 19.4. The van der Waals surface area contributed by atoms with Crippen LogP contribution in [0.25, 0.3) is 11.6 Å². The Balaban J connectivity index is 1.96. The molecular weight excluding hydrogens is 352 g/mol. The molecule has 9 nitrogen and oxygen atoms in total. The molecule has 0 spiro atoms. The standard InChI is InChI=1S/C18H20N4O5/c1-22(2)21-17-14(18(25)26-8-4-7-23)15(24)13(27-17)9-11-10-20-16-12(11)5-3-6-19-16/h3,5-6,9-10,21,23-24H,4,7-8H2,1-2H3. The molecule has 3 heterocycles. The summed E-state index contributed by atoms with van der Waals surface area (Å²) in [5, 5.41) is 20.9. The van der Waals surface area contributed by atoms with Gasteiger partial charge >= 0.3 is 5.97 Å². The summed E-state index contributed by atoms with van der Waals surface area (Å²) in [5.41, 5.74) is 4.20. The summed E-state index contributed by atoms with van der Waals surface area (Å²) in [6.07, 6.45) is 5.14. The molecular formula is C18H20N4O5. The Kier molecular flexibility index (Phi) is 5.53. The van der Waals surface area contributed by atoms with Crippen LogP contribution in [0, 0.1) is 0 Å². The molecule has 9 heteroatoms. The molecule has 0 bridgehead atoms. The van der Waals surface area contributed by atoms with Gasteiger partial charge in [0.15, 0.2) is 22.9 Å². The fraction of sp³-hybridized carbons (Fsp3) is 0.278. The highest BCUT2D eigenvalue weighted by Crippen LogP contribution is 2.38. The molecule has 0 saturated heterocycles. The fourth-order valence-electron chi connectivity index (χ4n) is 2.49. The molecule has 27 heavy (non-hydrogen) atoms. The monoisotopic (exact) mass is 372 g/mol. The van der Waals surface area contributed by atoms with Gasteiger partial charge in [-0.1, -0.05) is 0 Å². The molecule has 0 saturated carbocycles. The highest BCUT2D eigenvalue weighted by Gasteiger charge is 2.27. The molecule has 0 amide bonds. The summed E-state index contributed by atoms with van der Waals surface area (Å²) < 4.78 is 10.7. The van der Waals surface area contributed by atoms with Gasteiger partial charge in [-0.15, -0.1) is 0 Å². The number of aliphatic hydroxyl groups is 1. The molecule has 3 rings (SSSR count). The number of nitrogens with one attached hydrogen (secondary N) is 1. The van der Waals surface area contributed by atoms with Crippen LogP contribution in [0.3, 0.4) is 0 Å². The lowest BCUT2D eigenvalue weighted by atomic mass is 10.1. The number of aromatic nitrogens is 1. The van der Waals surface area contributed by atoms with Crippen molar-refractivity contribution in [3.05, 3.63) is 35.2 Å². The van der Waals surface area contributed by atoms with Gasteiger partial charge < -0.3 is 19.4 Å². The number of hydrogen-bond donors (Lipinski definition) is 3. The number of hydrazine groups is 1. The quantitative estimate of drug-likeness (QED) is 0.384. The molecule has 0 aromatic carbocycles. The number of aliphatic imine (C=N–C) groups is 1. The number of furan rings is 1. The van der Waals surface area contributed by atoms with Crippen LogP contribution in [0.2, 0.25) is 0 Å². The van der Waals surface area contributed by atoms with E-state index in [2.05, 4.69) is 15.4 Å². The van der Waals surface area contributed by atoms with E-state index in [9.17, 15) is 9.90 Å². The molecule has 3 N–H and O–H groups in total. The van der Waals surface area contributed by atoms with Crippen molar-refractivity contribution in [2.24, 2.45) is 4.99 Å². The fourth-order valence-corrected chi connectivity index (χ4v) is 2.49. The van der Waals surface area contributed by atoms with E-state index >= 15 is 0 Å². The maximum atomic E-state index is 12.4. The summed E-state index contributed by atoms with van der Waals surface area (Å²) in [7, 11) is 3.42. The summed E-state index contributed by atoms with van der Waals surface area (Å²) in [5.74, 6) is -0.371. The van der Waals surface area contributed by atoms with E-state index < -0.39 is 5.97 Å². The van der Waals surface area contributed by atoms with Crippen molar-refractivity contribution in [3.63, 3.8) is 0 Å². The number of carbonyl (C=O) groups excluding carboxylic acids is 1. The molecule has 1 aliphatic heterocycles. The Morgan fingerprint density at radius 1 is 1.44 bits per heavy atom. The molecule has 0 fully saturated rings. The molecule has 2 aromatic rings. The largest absolute Gasteiger partial charge is 0.504 e. The van der Waals surface area contributed by atoms with E-state index in [0.717, 1.165) is 5.56 Å². The average molecular weight is 372 g/mol. The van der Waals surface area contributed by atoms with E-state index in [1.165, 1.54) is 0 Å². The van der Waals surface area contributed by atoms with Crippen molar-refractivity contribution in [1.29, 1.82) is 0 Å². The molecule has 142 valence electrons. The Bertz CT molecular complexity index is 901. The van der Waals surface area contributed by atoms with Crippen LogP contribution < -0.4 is 5.43 Å². The lowest BCUT2D eigenvalue weighted by molar-refractivity contribution is 0.0479. The number of esters is 1. The van der Waals surface area contributed by atoms with Gasteiger partial charge in [0.1, 0.15) is 0 Å². The third-order valence-electron chi connectivity index (χ3n) is 3.68. The predicted octanol–water partition coefficient (Wildman–Crippen LogP) is 2.06. The van der Waals surface area contributed by atoms with Gasteiger partial charge in [0.05, 0.1) is 6.61 Å². The first-order chi connectivity index (χ1) is 13.0. The van der Waals surface area contributed by atoms with Crippen molar-refractivity contribution in [3.8, 4) is 5.75 Å². The van der Waals surface area contributed by atoms with E-state index in [-0.39, 0.29) is 36.2 Å². The molecule has 0 radical (unpaired) electrons. The number of nitrogens with zero attached hydrogens (tertiary/aromatic N) is 3. The number of allylic oxidation sites excluding steroid dienone is 1. The van der Waals surface area contributed by atoms with Gasteiger partial charge in [0, 0.05) is 50.7 Å². The maximum Gasteiger partial charge on any atom is 0.347 e. The first-order valence-electron chi connectivity index (χ1n) is 8.30. The normalized spacial score (nSPS) is 14.0. The molecule has 2 aromatic heterocycles. The second-order valence-corrected chi connectivity index (χ2v) is 5.97. The lowest BCUT2D eigenvalue weighted by Crippen LogP contribution is -2.21. The highest BCUT2D eigenvalue weighted by molar-refractivity contribution is 6.21. The van der Waals surface area contributed by atoms with Gasteiger partial charge in [0.2, 0.25) is 5.88 Å². The van der Waals surface area contributed by atoms with E-state index in [1.54, 1.807) is 43.7 Å². The summed E-state index contributed by atoms with van der Waals surface area (Å²) in [4.78, 5) is 20.7.